The second-order valence-electron chi connectivity index (χ2n) is 5.34. The van der Waals surface area contributed by atoms with Gasteiger partial charge in [0, 0.05) is 37.8 Å². The largest absolute Gasteiger partial charge is 0.345 e. The second-order valence-corrected chi connectivity index (χ2v) is 5.34. The zero-order chi connectivity index (χ0) is 13.1. The Morgan fingerprint density at radius 1 is 1.50 bits per heavy atom. The van der Waals surface area contributed by atoms with Crippen molar-refractivity contribution in [3.8, 4) is 0 Å². The van der Waals surface area contributed by atoms with Gasteiger partial charge in [-0.15, -0.1) is 0 Å². The molecule has 1 amide bonds. The highest BCUT2D eigenvalue weighted by Gasteiger charge is 2.24. The van der Waals surface area contributed by atoms with Gasteiger partial charge in [-0.2, -0.15) is 0 Å². The number of rotatable bonds is 3. The molecule has 2 unspecified atom stereocenters. The van der Waals surface area contributed by atoms with Crippen LogP contribution in [-0.2, 0) is 4.79 Å². The number of piperidine rings is 1. The first-order valence-corrected chi connectivity index (χ1v) is 6.81. The van der Waals surface area contributed by atoms with Crippen LogP contribution in [0.25, 0.3) is 0 Å². The molecular formula is C15H22N2O. The van der Waals surface area contributed by atoms with E-state index in [1.807, 2.05) is 18.1 Å². The third-order valence-corrected chi connectivity index (χ3v) is 4.02. The van der Waals surface area contributed by atoms with Gasteiger partial charge in [-0.3, -0.25) is 9.78 Å². The molecule has 3 heteroatoms. The second kappa shape index (κ2) is 5.51. The fourth-order valence-electron chi connectivity index (χ4n) is 2.44. The average Bonchev–Trinajstić information content (AvgIpc) is 2.41. The van der Waals surface area contributed by atoms with Crippen LogP contribution in [0.1, 0.15) is 56.2 Å². The van der Waals surface area contributed by atoms with E-state index in [-0.39, 0.29) is 5.91 Å². The molecule has 0 aromatic carbocycles. The van der Waals surface area contributed by atoms with Crippen molar-refractivity contribution in [2.75, 3.05) is 13.6 Å². The van der Waals surface area contributed by atoms with Gasteiger partial charge in [0.05, 0.1) is 0 Å². The molecule has 1 aromatic rings. The summed E-state index contributed by atoms with van der Waals surface area (Å²) in [6, 6.07) is 4.32. The number of carbonyl (C=O) groups is 1. The van der Waals surface area contributed by atoms with Gasteiger partial charge < -0.3 is 4.90 Å². The van der Waals surface area contributed by atoms with E-state index in [2.05, 4.69) is 31.0 Å². The SMILES string of the molecule is CCC(C)c1ccc(C2CCC(=O)N(C)C2)cn1. The maximum Gasteiger partial charge on any atom is 0.222 e. The molecule has 2 rings (SSSR count). The van der Waals surface area contributed by atoms with Crippen LogP contribution in [0.4, 0.5) is 0 Å². The van der Waals surface area contributed by atoms with Gasteiger partial charge in [0.2, 0.25) is 5.91 Å². The number of aromatic nitrogens is 1. The normalized spacial score (nSPS) is 22.1. The summed E-state index contributed by atoms with van der Waals surface area (Å²) in [7, 11) is 1.88. The third kappa shape index (κ3) is 2.71. The van der Waals surface area contributed by atoms with Crippen LogP contribution in [0.2, 0.25) is 0 Å². The molecule has 0 saturated carbocycles. The number of carbonyl (C=O) groups excluding carboxylic acids is 1. The van der Waals surface area contributed by atoms with Crippen molar-refractivity contribution >= 4 is 5.91 Å². The van der Waals surface area contributed by atoms with Crippen molar-refractivity contribution in [2.24, 2.45) is 0 Å². The topological polar surface area (TPSA) is 33.2 Å². The molecule has 0 spiro atoms. The summed E-state index contributed by atoms with van der Waals surface area (Å²) in [5.74, 6) is 1.23. The van der Waals surface area contributed by atoms with Gasteiger partial charge in [-0.05, 0) is 30.4 Å². The van der Waals surface area contributed by atoms with Crippen LogP contribution < -0.4 is 0 Å². The quantitative estimate of drug-likeness (QED) is 0.821. The van der Waals surface area contributed by atoms with E-state index < -0.39 is 0 Å². The third-order valence-electron chi connectivity index (χ3n) is 4.02. The van der Waals surface area contributed by atoms with Crippen LogP contribution in [-0.4, -0.2) is 29.4 Å². The highest BCUT2D eigenvalue weighted by atomic mass is 16.2. The Labute approximate surface area is 109 Å². The summed E-state index contributed by atoms with van der Waals surface area (Å²) < 4.78 is 0. The number of nitrogens with zero attached hydrogens (tertiary/aromatic N) is 2. The summed E-state index contributed by atoms with van der Waals surface area (Å²) in [6.45, 7) is 5.21. The lowest BCUT2D eigenvalue weighted by molar-refractivity contribution is -0.132. The van der Waals surface area contributed by atoms with Crippen molar-refractivity contribution in [2.45, 2.75) is 44.9 Å². The van der Waals surface area contributed by atoms with Crippen molar-refractivity contribution in [3.05, 3.63) is 29.6 Å². The van der Waals surface area contributed by atoms with Gasteiger partial charge in [-0.1, -0.05) is 19.9 Å². The molecule has 98 valence electrons. The molecule has 0 bridgehead atoms. The first kappa shape index (κ1) is 13.1. The van der Waals surface area contributed by atoms with Crippen molar-refractivity contribution < 1.29 is 4.79 Å². The Morgan fingerprint density at radius 2 is 2.28 bits per heavy atom. The monoisotopic (exact) mass is 246 g/mol. The van der Waals surface area contributed by atoms with Gasteiger partial charge in [-0.25, -0.2) is 0 Å². The molecule has 3 nitrogen and oxygen atoms in total. The van der Waals surface area contributed by atoms with E-state index in [4.69, 9.17) is 0 Å². The van der Waals surface area contributed by atoms with Gasteiger partial charge >= 0.3 is 0 Å². The lowest BCUT2D eigenvalue weighted by Gasteiger charge is -2.29. The van der Waals surface area contributed by atoms with Crippen molar-refractivity contribution in [1.82, 2.24) is 9.88 Å². The highest BCUT2D eigenvalue weighted by molar-refractivity contribution is 5.76. The molecule has 1 aliphatic heterocycles. The average molecular weight is 246 g/mol. The van der Waals surface area contributed by atoms with Gasteiger partial charge in [0.25, 0.3) is 0 Å². The number of amides is 1. The molecule has 2 atom stereocenters. The molecule has 0 N–H and O–H groups in total. The summed E-state index contributed by atoms with van der Waals surface area (Å²) in [5.41, 5.74) is 2.43. The number of hydrogen-bond acceptors (Lipinski definition) is 2. The molecule has 1 aliphatic rings. The maximum atomic E-state index is 11.5. The minimum atomic E-state index is 0.260. The van der Waals surface area contributed by atoms with Crippen LogP contribution >= 0.6 is 0 Å². The van der Waals surface area contributed by atoms with Crippen LogP contribution in [0, 0.1) is 0 Å². The first-order valence-electron chi connectivity index (χ1n) is 6.81. The minimum absolute atomic E-state index is 0.260. The van der Waals surface area contributed by atoms with E-state index in [0.29, 0.717) is 18.3 Å². The summed E-state index contributed by atoms with van der Waals surface area (Å²) in [5, 5.41) is 0. The Bertz CT molecular complexity index is 413. The lowest BCUT2D eigenvalue weighted by Crippen LogP contribution is -2.35. The lowest BCUT2D eigenvalue weighted by atomic mass is 9.91. The highest BCUT2D eigenvalue weighted by Crippen LogP contribution is 2.27. The first-order chi connectivity index (χ1) is 8.61. The summed E-state index contributed by atoms with van der Waals surface area (Å²) in [6.07, 6.45) is 4.73. The van der Waals surface area contributed by atoms with E-state index >= 15 is 0 Å². The number of likely N-dealkylation sites (N-methyl/N-ethyl adjacent to an activating group) is 1. The molecule has 0 aliphatic carbocycles. The number of likely N-dealkylation sites (tertiary alicyclic amines) is 1. The molecule has 1 fully saturated rings. The van der Waals surface area contributed by atoms with E-state index in [0.717, 1.165) is 19.4 Å². The summed E-state index contributed by atoms with van der Waals surface area (Å²) in [4.78, 5) is 17.9. The van der Waals surface area contributed by atoms with Crippen LogP contribution in [0.15, 0.2) is 18.3 Å². The van der Waals surface area contributed by atoms with E-state index in [1.54, 1.807) is 0 Å². The summed E-state index contributed by atoms with van der Waals surface area (Å²) >= 11 is 0. The Morgan fingerprint density at radius 3 is 2.83 bits per heavy atom. The molecule has 18 heavy (non-hydrogen) atoms. The predicted molar refractivity (Wildman–Crippen MR) is 72.6 cm³/mol. The number of pyridine rings is 1. The van der Waals surface area contributed by atoms with E-state index in [9.17, 15) is 4.79 Å². The van der Waals surface area contributed by atoms with Gasteiger partial charge in [0.15, 0.2) is 0 Å². The van der Waals surface area contributed by atoms with Crippen LogP contribution in [0.5, 0.6) is 0 Å². The fourth-order valence-corrected chi connectivity index (χ4v) is 2.44. The maximum absolute atomic E-state index is 11.5. The predicted octanol–water partition coefficient (Wildman–Crippen LogP) is 2.93. The smallest absolute Gasteiger partial charge is 0.222 e. The Kier molecular flexibility index (Phi) is 4.00. The van der Waals surface area contributed by atoms with Crippen LogP contribution in [0.3, 0.4) is 0 Å². The Balaban J connectivity index is 2.08. The fraction of sp³-hybridized carbons (Fsp3) is 0.600. The zero-order valence-electron chi connectivity index (χ0n) is 11.5. The molecule has 0 radical (unpaired) electrons. The standard InChI is InChI=1S/C15H22N2O/c1-4-11(2)14-7-5-12(9-16-14)13-6-8-15(18)17(3)10-13/h5,7,9,11,13H,4,6,8,10H2,1-3H3. The van der Waals surface area contributed by atoms with Crippen molar-refractivity contribution in [3.63, 3.8) is 0 Å². The molecule has 2 heterocycles. The Hall–Kier alpha value is -1.38. The molecule has 1 aromatic heterocycles. The minimum Gasteiger partial charge on any atom is -0.345 e. The van der Waals surface area contributed by atoms with Crippen molar-refractivity contribution in [1.29, 1.82) is 0 Å². The molecule has 1 saturated heterocycles. The van der Waals surface area contributed by atoms with Gasteiger partial charge in [0.1, 0.15) is 0 Å². The van der Waals surface area contributed by atoms with E-state index in [1.165, 1.54) is 11.3 Å². The number of hydrogen-bond donors (Lipinski definition) is 0. The zero-order valence-corrected chi connectivity index (χ0v) is 11.5. The molecular weight excluding hydrogens is 224 g/mol.